The van der Waals surface area contributed by atoms with Gasteiger partial charge in [0.25, 0.3) is 0 Å². The highest BCUT2D eigenvalue weighted by Crippen LogP contribution is 2.39. The molecule has 2 heterocycles. The molecular formula is C15H13IN2O2S. The molecule has 3 aromatic rings. The number of nitrogen functional groups attached to an aromatic ring is 1. The highest BCUT2D eigenvalue weighted by molar-refractivity contribution is 14.1. The summed E-state index contributed by atoms with van der Waals surface area (Å²) in [6.45, 7) is 2.00. The largest absolute Gasteiger partial charge is 0.496 e. The molecule has 0 aliphatic heterocycles. The van der Waals surface area contributed by atoms with Crippen molar-refractivity contribution in [3.63, 3.8) is 0 Å². The third kappa shape index (κ3) is 2.65. The van der Waals surface area contributed by atoms with Crippen LogP contribution in [0, 0.1) is 9.81 Å². The number of aromatic nitrogens is 1. The first kappa shape index (κ1) is 14.4. The van der Waals surface area contributed by atoms with Gasteiger partial charge in [-0.2, -0.15) is 0 Å². The third-order valence-electron chi connectivity index (χ3n) is 3.24. The first-order valence-electron chi connectivity index (χ1n) is 6.24. The van der Waals surface area contributed by atoms with Crippen molar-refractivity contribution in [3.8, 4) is 28.2 Å². The number of benzene rings is 1. The second-order valence-corrected chi connectivity index (χ2v) is 7.40. The average molecular weight is 412 g/mol. The molecule has 0 radical (unpaired) electrons. The van der Waals surface area contributed by atoms with E-state index < -0.39 is 0 Å². The molecule has 0 fully saturated rings. The minimum Gasteiger partial charge on any atom is -0.496 e. The van der Waals surface area contributed by atoms with Crippen LogP contribution < -0.4 is 10.5 Å². The molecule has 0 atom stereocenters. The SMILES string of the molecule is COc1cc(-c2c(N)noc2-c2csc(I)c2)ccc1C. The third-order valence-corrected chi connectivity index (χ3v) is 5.03. The lowest BCUT2D eigenvalue weighted by Crippen LogP contribution is -1.91. The Morgan fingerprint density at radius 2 is 2.10 bits per heavy atom. The monoisotopic (exact) mass is 412 g/mol. The van der Waals surface area contributed by atoms with Crippen LogP contribution in [0.1, 0.15) is 5.56 Å². The van der Waals surface area contributed by atoms with Gasteiger partial charge in [-0.1, -0.05) is 17.3 Å². The lowest BCUT2D eigenvalue weighted by Gasteiger charge is -2.07. The maximum absolute atomic E-state index is 6.00. The van der Waals surface area contributed by atoms with Crippen LogP contribution >= 0.6 is 33.9 Å². The lowest BCUT2D eigenvalue weighted by molar-refractivity contribution is 0.412. The summed E-state index contributed by atoms with van der Waals surface area (Å²) >= 11 is 3.94. The zero-order chi connectivity index (χ0) is 15.0. The number of rotatable bonds is 3. The second-order valence-electron chi connectivity index (χ2n) is 4.60. The quantitative estimate of drug-likeness (QED) is 0.641. The summed E-state index contributed by atoms with van der Waals surface area (Å²) in [6.07, 6.45) is 0. The van der Waals surface area contributed by atoms with Crippen molar-refractivity contribution in [2.45, 2.75) is 6.92 Å². The van der Waals surface area contributed by atoms with E-state index in [1.54, 1.807) is 18.4 Å². The number of nitrogens with two attached hydrogens (primary N) is 1. The lowest BCUT2D eigenvalue weighted by atomic mass is 10.0. The van der Waals surface area contributed by atoms with Gasteiger partial charge in [-0.25, -0.2) is 0 Å². The summed E-state index contributed by atoms with van der Waals surface area (Å²) in [7, 11) is 1.66. The fraction of sp³-hybridized carbons (Fsp3) is 0.133. The van der Waals surface area contributed by atoms with E-state index in [4.69, 9.17) is 15.0 Å². The molecule has 0 aliphatic rings. The molecule has 6 heteroatoms. The molecule has 21 heavy (non-hydrogen) atoms. The van der Waals surface area contributed by atoms with Gasteiger partial charge in [0.2, 0.25) is 0 Å². The number of thiophene rings is 1. The van der Waals surface area contributed by atoms with Gasteiger partial charge in [0, 0.05) is 10.9 Å². The van der Waals surface area contributed by atoms with Gasteiger partial charge in [-0.15, -0.1) is 11.3 Å². The van der Waals surface area contributed by atoms with Crippen LogP contribution in [0.2, 0.25) is 0 Å². The molecule has 0 unspecified atom stereocenters. The Balaban J connectivity index is 2.17. The average Bonchev–Trinajstić information content (AvgIpc) is 3.05. The van der Waals surface area contributed by atoms with Gasteiger partial charge >= 0.3 is 0 Å². The van der Waals surface area contributed by atoms with Gasteiger partial charge in [-0.3, -0.25) is 0 Å². The Kier molecular flexibility index (Phi) is 3.90. The highest BCUT2D eigenvalue weighted by atomic mass is 127. The van der Waals surface area contributed by atoms with Gasteiger partial charge in [0.1, 0.15) is 5.75 Å². The standard InChI is InChI=1S/C15H13IN2O2S/c1-8-3-4-9(5-11(8)19-2)13-14(20-18-15(13)17)10-6-12(16)21-7-10/h3-7H,1-2H3,(H2,17,18). The summed E-state index contributed by atoms with van der Waals surface area (Å²) in [5, 5.41) is 5.96. The Labute approximate surface area is 140 Å². The number of nitrogens with zero attached hydrogens (tertiary/aromatic N) is 1. The number of hydrogen-bond acceptors (Lipinski definition) is 5. The fourth-order valence-electron chi connectivity index (χ4n) is 2.18. The summed E-state index contributed by atoms with van der Waals surface area (Å²) < 4.78 is 12.0. The van der Waals surface area contributed by atoms with Crippen LogP contribution in [0.5, 0.6) is 5.75 Å². The van der Waals surface area contributed by atoms with Gasteiger partial charge < -0.3 is 15.0 Å². The molecule has 0 bridgehead atoms. The van der Waals surface area contributed by atoms with E-state index in [0.29, 0.717) is 11.6 Å². The molecule has 1 aromatic carbocycles. The first-order chi connectivity index (χ1) is 10.1. The zero-order valence-electron chi connectivity index (χ0n) is 11.5. The van der Waals surface area contributed by atoms with Gasteiger partial charge in [0.15, 0.2) is 11.6 Å². The number of hydrogen-bond donors (Lipinski definition) is 1. The first-order valence-corrected chi connectivity index (χ1v) is 8.20. The predicted molar refractivity (Wildman–Crippen MR) is 93.7 cm³/mol. The highest BCUT2D eigenvalue weighted by Gasteiger charge is 2.19. The van der Waals surface area contributed by atoms with E-state index >= 15 is 0 Å². The van der Waals surface area contributed by atoms with Crippen molar-refractivity contribution in [1.29, 1.82) is 0 Å². The van der Waals surface area contributed by atoms with Crippen LogP contribution in [0.3, 0.4) is 0 Å². The summed E-state index contributed by atoms with van der Waals surface area (Å²) in [4.78, 5) is 0. The molecule has 3 rings (SSSR count). The molecule has 108 valence electrons. The molecule has 2 N–H and O–H groups in total. The summed E-state index contributed by atoms with van der Waals surface area (Å²) in [5.74, 6) is 1.90. The topological polar surface area (TPSA) is 61.3 Å². The molecule has 0 aliphatic carbocycles. The number of halogens is 1. The Morgan fingerprint density at radius 3 is 2.76 bits per heavy atom. The number of methoxy groups -OCH3 is 1. The number of aryl methyl sites for hydroxylation is 1. The number of anilines is 1. The van der Waals surface area contributed by atoms with Crippen molar-refractivity contribution >= 4 is 39.7 Å². The van der Waals surface area contributed by atoms with Gasteiger partial charge in [-0.05, 0) is 52.8 Å². The fourth-order valence-corrected chi connectivity index (χ4v) is 3.51. The summed E-state index contributed by atoms with van der Waals surface area (Å²) in [6, 6.07) is 8.02. The van der Waals surface area contributed by atoms with E-state index in [0.717, 1.165) is 28.0 Å². The Morgan fingerprint density at radius 1 is 1.29 bits per heavy atom. The molecular weight excluding hydrogens is 399 g/mol. The summed E-state index contributed by atoms with van der Waals surface area (Å²) in [5.41, 5.74) is 9.81. The smallest absolute Gasteiger partial charge is 0.177 e. The van der Waals surface area contributed by atoms with E-state index in [9.17, 15) is 0 Å². The van der Waals surface area contributed by atoms with Crippen molar-refractivity contribution < 1.29 is 9.26 Å². The maximum atomic E-state index is 6.00. The van der Waals surface area contributed by atoms with E-state index in [-0.39, 0.29) is 0 Å². The van der Waals surface area contributed by atoms with Crippen LogP contribution in [-0.2, 0) is 0 Å². The minimum atomic E-state index is 0.386. The van der Waals surface area contributed by atoms with Crippen molar-refractivity contribution in [1.82, 2.24) is 5.16 Å². The van der Waals surface area contributed by atoms with Gasteiger partial charge in [0.05, 0.1) is 15.6 Å². The molecule has 2 aromatic heterocycles. The molecule has 4 nitrogen and oxygen atoms in total. The Hall–Kier alpha value is -1.54. The molecule has 0 saturated carbocycles. The van der Waals surface area contributed by atoms with Crippen LogP contribution in [0.4, 0.5) is 5.82 Å². The molecule has 0 amide bonds. The van der Waals surface area contributed by atoms with E-state index in [2.05, 4.69) is 33.8 Å². The maximum Gasteiger partial charge on any atom is 0.177 e. The Bertz CT molecular complexity index is 795. The number of ether oxygens (including phenoxy) is 1. The van der Waals surface area contributed by atoms with E-state index in [1.165, 1.54) is 2.88 Å². The minimum absolute atomic E-state index is 0.386. The second kappa shape index (κ2) is 5.69. The predicted octanol–water partition coefficient (Wildman–Crippen LogP) is 4.57. The van der Waals surface area contributed by atoms with Crippen LogP contribution in [-0.4, -0.2) is 12.3 Å². The zero-order valence-corrected chi connectivity index (χ0v) is 14.5. The van der Waals surface area contributed by atoms with Crippen LogP contribution in [0.25, 0.3) is 22.5 Å². The van der Waals surface area contributed by atoms with Crippen molar-refractivity contribution in [2.24, 2.45) is 0 Å². The van der Waals surface area contributed by atoms with Crippen molar-refractivity contribution in [2.75, 3.05) is 12.8 Å². The van der Waals surface area contributed by atoms with Crippen LogP contribution in [0.15, 0.2) is 34.2 Å². The van der Waals surface area contributed by atoms with E-state index in [1.807, 2.05) is 30.5 Å². The molecule has 0 spiro atoms. The molecule has 0 saturated heterocycles. The normalized spacial score (nSPS) is 10.8. The van der Waals surface area contributed by atoms with Crippen molar-refractivity contribution in [3.05, 3.63) is 38.1 Å².